The van der Waals surface area contributed by atoms with Gasteiger partial charge in [0, 0.05) is 12.6 Å². The van der Waals surface area contributed by atoms with Gasteiger partial charge in [-0.1, -0.05) is 66.8 Å². The zero-order valence-corrected chi connectivity index (χ0v) is 22.5. The number of nitrogens with one attached hydrogen (secondary N) is 1. The maximum atomic E-state index is 12.4. The van der Waals surface area contributed by atoms with E-state index in [0.717, 1.165) is 28.2 Å². The number of aromatic nitrogens is 2. The average molecular weight is 547 g/mol. The fourth-order valence-corrected chi connectivity index (χ4v) is 5.28. The number of H-pyrrole nitrogens is 1. The Labute approximate surface area is 231 Å². The summed E-state index contributed by atoms with van der Waals surface area (Å²) in [4.78, 5) is 15.1. The minimum absolute atomic E-state index is 0.0443. The number of hydrogen-bond acceptors (Lipinski definition) is 7. The van der Waals surface area contributed by atoms with Crippen LogP contribution >= 0.6 is 12.2 Å². The normalized spacial score (nSPS) is 19.1. The average Bonchev–Trinajstić information content (AvgIpc) is 3.34. The SMILES string of the molecule is COc1ccc(C(OC[C@H]2O[C@@H](n3c(=S)cc[nH]c3=O)C[C@@H]2O)(c2ccccc2)c2ccc(OC)cc2)cc1. The molecule has 1 aromatic heterocycles. The predicted octanol–water partition coefficient (Wildman–Crippen LogP) is 4.58. The predicted molar refractivity (Wildman–Crippen MR) is 149 cm³/mol. The summed E-state index contributed by atoms with van der Waals surface area (Å²) in [6, 6.07) is 26.9. The van der Waals surface area contributed by atoms with Crippen molar-refractivity contribution < 1.29 is 24.1 Å². The second kappa shape index (κ2) is 11.5. The maximum Gasteiger partial charge on any atom is 0.328 e. The lowest BCUT2D eigenvalue weighted by atomic mass is 9.80. The van der Waals surface area contributed by atoms with Crippen molar-refractivity contribution in [1.82, 2.24) is 9.55 Å². The van der Waals surface area contributed by atoms with Crippen molar-refractivity contribution in [2.24, 2.45) is 0 Å². The molecule has 0 amide bonds. The van der Waals surface area contributed by atoms with Gasteiger partial charge >= 0.3 is 5.69 Å². The van der Waals surface area contributed by atoms with E-state index in [-0.39, 0.29) is 13.0 Å². The molecule has 9 heteroatoms. The molecule has 0 bridgehead atoms. The Bertz CT molecular complexity index is 1430. The van der Waals surface area contributed by atoms with E-state index in [1.54, 1.807) is 20.3 Å². The minimum atomic E-state index is -1.05. The van der Waals surface area contributed by atoms with Gasteiger partial charge in [-0.2, -0.15) is 0 Å². The summed E-state index contributed by atoms with van der Waals surface area (Å²) in [7, 11) is 3.25. The van der Waals surface area contributed by atoms with Gasteiger partial charge < -0.3 is 29.0 Å². The highest BCUT2D eigenvalue weighted by atomic mass is 32.1. The minimum Gasteiger partial charge on any atom is -0.497 e. The Balaban J connectivity index is 1.55. The standard InChI is InChI=1S/C30H30N2O6S/c1-35-23-12-8-21(9-13-23)30(20-6-4-3-5-7-20,22-10-14-24(36-2)15-11-22)37-19-26-25(33)18-27(38-26)32-28(39)16-17-31-29(32)34/h3-17,25-27,33H,18-19H2,1-2H3,(H,31,34)/t25-,26+,27+/m0/s1. The van der Waals surface area contributed by atoms with Gasteiger partial charge in [0.2, 0.25) is 0 Å². The van der Waals surface area contributed by atoms with Crippen LogP contribution < -0.4 is 15.2 Å². The molecule has 8 nitrogen and oxygen atoms in total. The number of nitrogens with zero attached hydrogens (tertiary/aromatic N) is 1. The van der Waals surface area contributed by atoms with Crippen LogP contribution in [0.2, 0.25) is 0 Å². The molecular weight excluding hydrogens is 516 g/mol. The lowest BCUT2D eigenvalue weighted by Crippen LogP contribution is -2.38. The molecule has 1 saturated heterocycles. The van der Waals surface area contributed by atoms with E-state index < -0.39 is 29.7 Å². The number of aliphatic hydroxyl groups excluding tert-OH is 1. The van der Waals surface area contributed by atoms with Gasteiger partial charge in [0.25, 0.3) is 0 Å². The van der Waals surface area contributed by atoms with Crippen LogP contribution in [-0.4, -0.2) is 47.7 Å². The molecule has 0 saturated carbocycles. The van der Waals surface area contributed by atoms with Gasteiger partial charge in [-0.3, -0.25) is 4.57 Å². The molecule has 1 aliphatic rings. The molecular formula is C30H30N2O6S. The van der Waals surface area contributed by atoms with E-state index in [1.807, 2.05) is 78.9 Å². The highest BCUT2D eigenvalue weighted by molar-refractivity contribution is 7.71. The molecule has 2 N–H and O–H groups in total. The third kappa shape index (κ3) is 5.26. The number of benzene rings is 3. The van der Waals surface area contributed by atoms with Gasteiger partial charge in [-0.05, 0) is 47.0 Å². The van der Waals surface area contributed by atoms with E-state index in [1.165, 1.54) is 10.8 Å². The van der Waals surface area contributed by atoms with Crippen LogP contribution in [0.4, 0.5) is 0 Å². The highest BCUT2D eigenvalue weighted by Crippen LogP contribution is 2.42. The summed E-state index contributed by atoms with van der Waals surface area (Å²) in [5.74, 6) is 1.44. The number of ether oxygens (including phenoxy) is 4. The number of aliphatic hydroxyl groups is 1. The smallest absolute Gasteiger partial charge is 0.328 e. The first-order valence-corrected chi connectivity index (χ1v) is 13.0. The number of methoxy groups -OCH3 is 2. The zero-order chi connectivity index (χ0) is 27.4. The Hall–Kier alpha value is -3.76. The van der Waals surface area contributed by atoms with Gasteiger partial charge in [0.15, 0.2) is 0 Å². The van der Waals surface area contributed by atoms with Crippen molar-refractivity contribution in [3.05, 3.63) is 123 Å². The number of hydrogen-bond donors (Lipinski definition) is 2. The van der Waals surface area contributed by atoms with Crippen LogP contribution in [-0.2, 0) is 15.1 Å². The van der Waals surface area contributed by atoms with Crippen molar-refractivity contribution in [3.8, 4) is 11.5 Å². The molecule has 3 aromatic carbocycles. The molecule has 1 aliphatic heterocycles. The first-order valence-electron chi connectivity index (χ1n) is 12.6. The van der Waals surface area contributed by atoms with Crippen LogP contribution in [0.3, 0.4) is 0 Å². The van der Waals surface area contributed by atoms with Gasteiger partial charge in [0.05, 0.1) is 26.9 Å². The third-order valence-corrected chi connectivity index (χ3v) is 7.35. The van der Waals surface area contributed by atoms with Crippen molar-refractivity contribution in [1.29, 1.82) is 0 Å². The molecule has 39 heavy (non-hydrogen) atoms. The van der Waals surface area contributed by atoms with E-state index in [2.05, 4.69) is 4.98 Å². The van der Waals surface area contributed by atoms with Crippen molar-refractivity contribution in [2.45, 2.75) is 30.5 Å². The molecule has 5 rings (SSSR count). The number of aromatic amines is 1. The van der Waals surface area contributed by atoms with Crippen molar-refractivity contribution in [3.63, 3.8) is 0 Å². The van der Waals surface area contributed by atoms with Crippen LogP contribution in [0.1, 0.15) is 29.3 Å². The summed E-state index contributed by atoms with van der Waals surface area (Å²) in [6.07, 6.45) is -0.573. The maximum absolute atomic E-state index is 12.4. The molecule has 1 fully saturated rings. The Morgan fingerprint density at radius 1 is 0.923 bits per heavy atom. The first-order chi connectivity index (χ1) is 19.0. The highest BCUT2D eigenvalue weighted by Gasteiger charge is 2.42. The van der Waals surface area contributed by atoms with Crippen LogP contribution in [0.5, 0.6) is 11.5 Å². The monoisotopic (exact) mass is 546 g/mol. The van der Waals surface area contributed by atoms with Crippen molar-refractivity contribution in [2.75, 3.05) is 20.8 Å². The number of rotatable bonds is 9. The lowest BCUT2D eigenvalue weighted by molar-refractivity contribution is -0.0946. The second-order valence-corrected chi connectivity index (χ2v) is 9.66. The van der Waals surface area contributed by atoms with Gasteiger partial charge in [-0.15, -0.1) is 0 Å². The van der Waals surface area contributed by atoms with Crippen LogP contribution in [0.15, 0.2) is 95.9 Å². The first kappa shape index (κ1) is 26.8. The summed E-state index contributed by atoms with van der Waals surface area (Å²) >= 11 is 5.34. The molecule has 0 spiro atoms. The zero-order valence-electron chi connectivity index (χ0n) is 21.7. The molecule has 0 radical (unpaired) electrons. The fraction of sp³-hybridized carbons (Fsp3) is 0.267. The van der Waals surface area contributed by atoms with E-state index in [0.29, 0.717) is 4.64 Å². The van der Waals surface area contributed by atoms with Gasteiger partial charge in [0.1, 0.15) is 34.1 Å². The lowest BCUT2D eigenvalue weighted by Gasteiger charge is -2.37. The molecule has 4 aromatic rings. The summed E-state index contributed by atoms with van der Waals surface area (Å²) < 4.78 is 25.5. The quantitative estimate of drug-likeness (QED) is 0.234. The van der Waals surface area contributed by atoms with E-state index in [4.69, 9.17) is 31.2 Å². The van der Waals surface area contributed by atoms with Crippen molar-refractivity contribution >= 4 is 12.2 Å². The molecule has 2 heterocycles. The Kier molecular flexibility index (Phi) is 7.94. The summed E-state index contributed by atoms with van der Waals surface area (Å²) in [6.45, 7) is 0.0443. The molecule has 0 aliphatic carbocycles. The van der Waals surface area contributed by atoms with Crippen LogP contribution in [0.25, 0.3) is 0 Å². The molecule has 202 valence electrons. The third-order valence-electron chi connectivity index (χ3n) is 7.02. The Morgan fingerprint density at radius 2 is 1.49 bits per heavy atom. The van der Waals surface area contributed by atoms with E-state index in [9.17, 15) is 9.90 Å². The summed E-state index contributed by atoms with van der Waals surface area (Å²) in [5, 5.41) is 10.9. The fourth-order valence-electron chi connectivity index (χ4n) is 5.01. The summed E-state index contributed by atoms with van der Waals surface area (Å²) in [5.41, 5.74) is 1.18. The van der Waals surface area contributed by atoms with Crippen LogP contribution in [0, 0.1) is 4.64 Å². The molecule has 0 unspecified atom stereocenters. The largest absolute Gasteiger partial charge is 0.497 e. The molecule has 3 atom stereocenters. The second-order valence-electron chi connectivity index (χ2n) is 9.24. The van der Waals surface area contributed by atoms with Gasteiger partial charge in [-0.25, -0.2) is 4.79 Å². The Morgan fingerprint density at radius 3 is 2.03 bits per heavy atom. The topological polar surface area (TPSA) is 94.9 Å². The van der Waals surface area contributed by atoms with E-state index >= 15 is 0 Å².